The molecule has 0 unspecified atom stereocenters. The summed E-state index contributed by atoms with van der Waals surface area (Å²) in [5.74, 6) is 1.96. The third-order valence-electron chi connectivity index (χ3n) is 4.14. The molecule has 5 nitrogen and oxygen atoms in total. The highest BCUT2D eigenvalue weighted by atomic mass is 16.5. The fraction of sp³-hybridized carbons (Fsp3) is 0.769. The van der Waals surface area contributed by atoms with Crippen molar-refractivity contribution >= 4 is 5.95 Å². The molecule has 3 rings (SSSR count). The van der Waals surface area contributed by atoms with E-state index >= 15 is 0 Å². The predicted molar refractivity (Wildman–Crippen MR) is 70.8 cm³/mol. The van der Waals surface area contributed by atoms with E-state index in [9.17, 15) is 0 Å². The van der Waals surface area contributed by atoms with E-state index in [-0.39, 0.29) is 0 Å². The van der Waals surface area contributed by atoms with Crippen molar-refractivity contribution in [3.63, 3.8) is 0 Å². The van der Waals surface area contributed by atoms with Crippen molar-refractivity contribution in [2.45, 2.75) is 25.4 Å². The number of fused-ring (bicyclic) bond motifs is 1. The van der Waals surface area contributed by atoms with Gasteiger partial charge in [0.2, 0.25) is 5.95 Å². The maximum Gasteiger partial charge on any atom is 0.205 e. The lowest BCUT2D eigenvalue weighted by Gasteiger charge is -2.25. The Hall–Kier alpha value is -1.07. The van der Waals surface area contributed by atoms with Crippen molar-refractivity contribution in [2.75, 3.05) is 38.3 Å². The Balaban J connectivity index is 1.70. The van der Waals surface area contributed by atoms with Crippen LogP contribution in [0.5, 0.6) is 0 Å². The third kappa shape index (κ3) is 2.12. The fourth-order valence-electron chi connectivity index (χ4n) is 3.21. The Morgan fingerprint density at radius 3 is 3.33 bits per heavy atom. The Kier molecular flexibility index (Phi) is 3.52. The number of hydrogen-bond donors (Lipinski definition) is 1. The molecule has 2 fully saturated rings. The van der Waals surface area contributed by atoms with Gasteiger partial charge in [-0.3, -0.25) is 0 Å². The van der Waals surface area contributed by atoms with Crippen molar-refractivity contribution in [2.24, 2.45) is 5.92 Å². The summed E-state index contributed by atoms with van der Waals surface area (Å²) < 4.78 is 7.38. The van der Waals surface area contributed by atoms with Crippen LogP contribution in [0.4, 0.5) is 5.95 Å². The van der Waals surface area contributed by atoms with Gasteiger partial charge < -0.3 is 19.5 Å². The summed E-state index contributed by atoms with van der Waals surface area (Å²) in [7, 11) is 1.75. The summed E-state index contributed by atoms with van der Waals surface area (Å²) in [6.07, 6.45) is 6.33. The number of nitrogens with one attached hydrogen (secondary N) is 1. The van der Waals surface area contributed by atoms with Gasteiger partial charge in [0.05, 0.1) is 0 Å². The average molecular weight is 250 g/mol. The Morgan fingerprint density at radius 2 is 2.44 bits per heavy atom. The summed E-state index contributed by atoms with van der Waals surface area (Å²) in [6, 6.07) is 0.647. The molecule has 1 aromatic rings. The monoisotopic (exact) mass is 250 g/mol. The lowest BCUT2D eigenvalue weighted by Crippen LogP contribution is -2.36. The molecule has 0 bridgehead atoms. The molecule has 2 aliphatic rings. The van der Waals surface area contributed by atoms with Crippen molar-refractivity contribution in [3.05, 3.63) is 12.4 Å². The molecule has 2 saturated heterocycles. The second-order valence-corrected chi connectivity index (χ2v) is 5.23. The molecule has 0 aromatic carbocycles. The first-order valence-electron chi connectivity index (χ1n) is 6.87. The van der Waals surface area contributed by atoms with Gasteiger partial charge in [-0.2, -0.15) is 0 Å². The first kappa shape index (κ1) is 12.0. The van der Waals surface area contributed by atoms with Crippen molar-refractivity contribution < 1.29 is 4.74 Å². The van der Waals surface area contributed by atoms with Crippen molar-refractivity contribution in [3.8, 4) is 0 Å². The highest BCUT2D eigenvalue weighted by molar-refractivity contribution is 5.36. The molecule has 100 valence electrons. The van der Waals surface area contributed by atoms with Gasteiger partial charge in [-0.15, -0.1) is 0 Å². The van der Waals surface area contributed by atoms with Gasteiger partial charge in [-0.1, -0.05) is 0 Å². The van der Waals surface area contributed by atoms with Crippen LogP contribution in [0.25, 0.3) is 0 Å². The van der Waals surface area contributed by atoms with Gasteiger partial charge in [0, 0.05) is 58.3 Å². The fourth-order valence-corrected chi connectivity index (χ4v) is 3.21. The first-order valence-corrected chi connectivity index (χ1v) is 6.87. The van der Waals surface area contributed by atoms with Crippen LogP contribution in [0.15, 0.2) is 12.4 Å². The Bertz CT molecular complexity index is 392. The van der Waals surface area contributed by atoms with Crippen LogP contribution >= 0.6 is 0 Å². The van der Waals surface area contributed by atoms with Gasteiger partial charge in [0.25, 0.3) is 0 Å². The largest absolute Gasteiger partial charge is 0.385 e. The predicted octanol–water partition coefficient (Wildman–Crippen LogP) is 0.718. The molecule has 0 spiro atoms. The molecule has 5 heteroatoms. The van der Waals surface area contributed by atoms with Crippen LogP contribution in [0, 0.1) is 5.92 Å². The standard InChI is InChI=1S/C13H22N4O/c1-18-8-2-5-16-7-4-15-13(16)17-6-3-11-9-14-10-12(11)17/h4,7,11-12,14H,2-3,5-6,8-10H2,1H3/t11-,12+/m0/s1. The average Bonchev–Trinajstić information content (AvgIpc) is 3.03. The number of anilines is 1. The van der Waals surface area contributed by atoms with Crippen LogP contribution in [0.3, 0.4) is 0 Å². The number of ether oxygens (including phenoxy) is 1. The third-order valence-corrected chi connectivity index (χ3v) is 4.14. The lowest BCUT2D eigenvalue weighted by atomic mass is 10.1. The summed E-state index contributed by atoms with van der Waals surface area (Å²) in [5.41, 5.74) is 0. The van der Waals surface area contributed by atoms with Crippen LogP contribution < -0.4 is 10.2 Å². The van der Waals surface area contributed by atoms with E-state index in [1.165, 1.54) is 13.0 Å². The molecular formula is C13H22N4O. The summed E-state index contributed by atoms with van der Waals surface area (Å²) in [4.78, 5) is 7.04. The number of aryl methyl sites for hydroxylation is 1. The Labute approximate surface area is 108 Å². The minimum atomic E-state index is 0.647. The van der Waals surface area contributed by atoms with E-state index in [1.807, 2.05) is 6.20 Å². The second-order valence-electron chi connectivity index (χ2n) is 5.23. The zero-order chi connectivity index (χ0) is 12.4. The molecule has 2 atom stereocenters. The van der Waals surface area contributed by atoms with Crippen LogP contribution in [0.1, 0.15) is 12.8 Å². The zero-order valence-corrected chi connectivity index (χ0v) is 11.0. The van der Waals surface area contributed by atoms with Crippen LogP contribution in [-0.4, -0.2) is 48.9 Å². The molecule has 3 heterocycles. The molecule has 1 aromatic heterocycles. The first-order chi connectivity index (χ1) is 8.90. The molecular weight excluding hydrogens is 228 g/mol. The molecule has 0 radical (unpaired) electrons. The number of methoxy groups -OCH3 is 1. The van der Waals surface area contributed by atoms with Crippen molar-refractivity contribution in [1.29, 1.82) is 0 Å². The molecule has 2 aliphatic heterocycles. The summed E-state index contributed by atoms with van der Waals surface area (Å²) in [5, 5.41) is 3.49. The number of aromatic nitrogens is 2. The zero-order valence-electron chi connectivity index (χ0n) is 11.0. The van der Waals surface area contributed by atoms with E-state index in [4.69, 9.17) is 4.74 Å². The minimum absolute atomic E-state index is 0.647. The summed E-state index contributed by atoms with van der Waals surface area (Å²) in [6.45, 7) is 5.23. The molecule has 0 amide bonds. The van der Waals surface area contributed by atoms with E-state index < -0.39 is 0 Å². The van der Waals surface area contributed by atoms with Gasteiger partial charge >= 0.3 is 0 Å². The Morgan fingerprint density at radius 1 is 1.50 bits per heavy atom. The second kappa shape index (κ2) is 5.28. The number of imidazole rings is 1. The maximum absolute atomic E-state index is 5.12. The maximum atomic E-state index is 5.12. The topological polar surface area (TPSA) is 42.3 Å². The quantitative estimate of drug-likeness (QED) is 0.782. The highest BCUT2D eigenvalue weighted by Gasteiger charge is 2.38. The summed E-state index contributed by atoms with van der Waals surface area (Å²) >= 11 is 0. The number of nitrogens with zero attached hydrogens (tertiary/aromatic N) is 3. The van der Waals surface area contributed by atoms with Crippen LogP contribution in [0.2, 0.25) is 0 Å². The molecule has 1 N–H and O–H groups in total. The molecule has 0 saturated carbocycles. The normalized spacial score (nSPS) is 26.8. The smallest absolute Gasteiger partial charge is 0.205 e. The van der Waals surface area contributed by atoms with Crippen molar-refractivity contribution in [1.82, 2.24) is 14.9 Å². The van der Waals surface area contributed by atoms with E-state index in [1.54, 1.807) is 7.11 Å². The van der Waals surface area contributed by atoms with Gasteiger partial charge in [-0.25, -0.2) is 4.98 Å². The SMILES string of the molecule is COCCCn1ccnc1N1CC[C@H]2CNC[C@H]21. The molecule has 18 heavy (non-hydrogen) atoms. The van der Waals surface area contributed by atoms with E-state index in [2.05, 4.69) is 26.0 Å². The van der Waals surface area contributed by atoms with Gasteiger partial charge in [0.1, 0.15) is 0 Å². The van der Waals surface area contributed by atoms with E-state index in [0.29, 0.717) is 6.04 Å². The molecule has 0 aliphatic carbocycles. The number of rotatable bonds is 5. The van der Waals surface area contributed by atoms with Crippen LogP contribution in [-0.2, 0) is 11.3 Å². The van der Waals surface area contributed by atoms with Gasteiger partial charge in [0.15, 0.2) is 0 Å². The highest BCUT2D eigenvalue weighted by Crippen LogP contribution is 2.30. The lowest BCUT2D eigenvalue weighted by molar-refractivity contribution is 0.190. The van der Waals surface area contributed by atoms with E-state index in [0.717, 1.165) is 44.5 Å². The van der Waals surface area contributed by atoms with Gasteiger partial charge in [-0.05, 0) is 18.8 Å². The number of hydrogen-bond acceptors (Lipinski definition) is 4. The minimum Gasteiger partial charge on any atom is -0.385 e.